The maximum absolute atomic E-state index is 12.4. The Morgan fingerprint density at radius 1 is 1.10 bits per heavy atom. The van der Waals surface area contributed by atoms with Gasteiger partial charge in [-0.15, -0.1) is 0 Å². The van der Waals surface area contributed by atoms with E-state index in [0.29, 0.717) is 29.8 Å². The molecule has 13 heteroatoms. The molecular weight excluding hydrogens is 520 g/mol. The van der Waals surface area contributed by atoms with Gasteiger partial charge in [0, 0.05) is 25.2 Å². The molecule has 4 heterocycles. The van der Waals surface area contributed by atoms with Crippen LogP contribution >= 0.6 is 0 Å². The predicted octanol–water partition coefficient (Wildman–Crippen LogP) is 3.22. The van der Waals surface area contributed by atoms with E-state index in [1.54, 1.807) is 0 Å². The largest absolute Gasteiger partial charge is 0.439 e. The van der Waals surface area contributed by atoms with E-state index >= 15 is 0 Å². The average molecular weight is 559 g/mol. The highest BCUT2D eigenvalue weighted by molar-refractivity contribution is 7.91. The smallest absolute Gasteiger partial charge is 0.365 e. The number of imidazole rings is 1. The monoisotopic (exact) mass is 558 g/mol. The minimum Gasteiger partial charge on any atom is -0.365 e. The third-order valence-electron chi connectivity index (χ3n) is 8.96. The highest BCUT2D eigenvalue weighted by Gasteiger charge is 2.34. The van der Waals surface area contributed by atoms with E-state index in [4.69, 9.17) is 19.5 Å². The molecule has 2 atom stereocenters. The molecule has 2 aliphatic carbocycles. The number of aromatic amines is 1. The van der Waals surface area contributed by atoms with Gasteiger partial charge in [-0.1, -0.05) is 31.3 Å². The number of fused-ring (bicyclic) bond motifs is 1. The lowest BCUT2D eigenvalue weighted by Gasteiger charge is -2.35. The van der Waals surface area contributed by atoms with Crippen LogP contribution in [0.15, 0.2) is 9.32 Å². The number of nitrogens with zero attached hydrogens (tertiary/aromatic N) is 6. The Kier molecular flexibility index (Phi) is 6.88. The number of aromatic nitrogens is 6. The van der Waals surface area contributed by atoms with Gasteiger partial charge in [0.15, 0.2) is 21.3 Å². The van der Waals surface area contributed by atoms with E-state index in [-0.39, 0.29) is 35.2 Å². The summed E-state index contributed by atoms with van der Waals surface area (Å²) in [5, 5.41) is 7.47. The Labute approximate surface area is 227 Å². The normalized spacial score (nSPS) is 26.4. The van der Waals surface area contributed by atoms with Gasteiger partial charge in [0.1, 0.15) is 5.52 Å². The first-order valence-electron chi connectivity index (χ1n) is 14.2. The molecule has 0 bridgehead atoms. The fourth-order valence-corrected chi connectivity index (χ4v) is 7.84. The minimum absolute atomic E-state index is 0.0953. The summed E-state index contributed by atoms with van der Waals surface area (Å²) in [6.07, 6.45) is 8.28. The van der Waals surface area contributed by atoms with E-state index in [0.717, 1.165) is 36.8 Å². The van der Waals surface area contributed by atoms with Crippen LogP contribution in [0.3, 0.4) is 0 Å². The molecule has 2 saturated carbocycles. The molecule has 0 spiro atoms. The van der Waals surface area contributed by atoms with Gasteiger partial charge in [-0.25, -0.2) is 23.2 Å². The van der Waals surface area contributed by atoms with Gasteiger partial charge in [-0.05, 0) is 57.3 Å². The lowest BCUT2D eigenvalue weighted by atomic mass is 9.80. The quantitative estimate of drug-likeness (QED) is 0.442. The SMILES string of the molecule is CC1CS(=O)(=O)CCN1c1nc2nc(-c3noc(=O)[nH]3)nc(N[C@H](C)C3CCC3)c2n1C[C@H]1CC[C@H](C)CC1. The summed E-state index contributed by atoms with van der Waals surface area (Å²) in [4.78, 5) is 30.9. The van der Waals surface area contributed by atoms with Gasteiger partial charge >= 0.3 is 5.76 Å². The molecule has 12 nitrogen and oxygen atoms in total. The molecule has 0 amide bonds. The van der Waals surface area contributed by atoms with Crippen LogP contribution in [0, 0.1) is 17.8 Å². The molecule has 1 saturated heterocycles. The lowest BCUT2D eigenvalue weighted by molar-refractivity contribution is 0.266. The third kappa shape index (κ3) is 5.29. The van der Waals surface area contributed by atoms with Crippen molar-refractivity contribution in [2.24, 2.45) is 17.8 Å². The fraction of sp³-hybridized carbons (Fsp3) is 0.731. The average Bonchev–Trinajstić information content (AvgIpc) is 3.42. The van der Waals surface area contributed by atoms with Gasteiger partial charge in [0.25, 0.3) is 0 Å². The number of anilines is 2. The molecular formula is C26H38N8O4S. The summed E-state index contributed by atoms with van der Waals surface area (Å²) in [6, 6.07) is -0.0160. The topological polar surface area (TPSA) is 152 Å². The Morgan fingerprint density at radius 2 is 1.87 bits per heavy atom. The van der Waals surface area contributed by atoms with E-state index in [9.17, 15) is 13.2 Å². The Morgan fingerprint density at radius 3 is 2.51 bits per heavy atom. The summed E-state index contributed by atoms with van der Waals surface area (Å²) in [5.74, 6) is 3.07. The Balaban J connectivity index is 1.48. The first-order valence-corrected chi connectivity index (χ1v) is 16.1. The van der Waals surface area contributed by atoms with Gasteiger partial charge in [-0.3, -0.25) is 9.51 Å². The zero-order chi connectivity index (χ0) is 27.3. The minimum atomic E-state index is -3.09. The van der Waals surface area contributed by atoms with Crippen molar-refractivity contribution >= 4 is 32.8 Å². The second kappa shape index (κ2) is 10.2. The molecule has 3 aromatic rings. The van der Waals surface area contributed by atoms with Gasteiger partial charge in [0.2, 0.25) is 17.6 Å². The highest BCUT2D eigenvalue weighted by atomic mass is 32.2. The van der Waals surface area contributed by atoms with E-state index in [1.807, 2.05) is 6.92 Å². The third-order valence-corrected chi connectivity index (χ3v) is 10.8. The number of nitrogens with one attached hydrogen (secondary N) is 2. The zero-order valence-corrected chi connectivity index (χ0v) is 23.7. The van der Waals surface area contributed by atoms with E-state index < -0.39 is 15.6 Å². The van der Waals surface area contributed by atoms with E-state index in [1.165, 1.54) is 32.1 Å². The van der Waals surface area contributed by atoms with Crippen LogP contribution in [0.4, 0.5) is 11.8 Å². The van der Waals surface area contributed by atoms with Crippen molar-refractivity contribution in [2.45, 2.75) is 84.3 Å². The summed E-state index contributed by atoms with van der Waals surface area (Å²) in [6.45, 7) is 7.59. The second-order valence-corrected chi connectivity index (χ2v) is 14.2. The molecule has 3 aliphatic rings. The maximum Gasteiger partial charge on any atom is 0.439 e. The van der Waals surface area contributed by atoms with Crippen molar-refractivity contribution < 1.29 is 12.9 Å². The number of rotatable bonds is 7. The second-order valence-electron chi connectivity index (χ2n) is 11.9. The van der Waals surface area contributed by atoms with Crippen LogP contribution in [-0.4, -0.2) is 68.2 Å². The van der Waals surface area contributed by atoms with Crippen molar-refractivity contribution in [1.82, 2.24) is 29.7 Å². The number of H-pyrrole nitrogens is 1. The summed E-state index contributed by atoms with van der Waals surface area (Å²) < 4.78 is 31.7. The van der Waals surface area contributed by atoms with Crippen LogP contribution in [-0.2, 0) is 16.4 Å². The van der Waals surface area contributed by atoms with Crippen molar-refractivity contribution in [3.8, 4) is 11.6 Å². The lowest BCUT2D eigenvalue weighted by Crippen LogP contribution is -2.48. The van der Waals surface area contributed by atoms with Crippen LogP contribution < -0.4 is 16.0 Å². The molecule has 3 fully saturated rings. The Hall–Kier alpha value is -2.96. The molecule has 1 aliphatic heterocycles. The van der Waals surface area contributed by atoms with Crippen LogP contribution in [0.1, 0.15) is 65.7 Å². The number of sulfone groups is 1. The first kappa shape index (κ1) is 26.3. The summed E-state index contributed by atoms with van der Waals surface area (Å²) in [5.41, 5.74) is 1.30. The standard InChI is InChI=1S/C26H38N8O4S/c1-15-7-9-18(10-8-15)13-34-20-21(27-17(3)19-5-4-6-19)28-23(24-31-26(35)38-32-24)29-22(20)30-25(34)33-11-12-39(36,37)14-16(33)2/h15-19H,4-14H2,1-3H3,(H,27,28,29)(H,31,32,35)/t15-,16?,17-,18-/m1/s1. The first-order chi connectivity index (χ1) is 18.7. The van der Waals surface area contributed by atoms with Crippen LogP contribution in [0.2, 0.25) is 0 Å². The predicted molar refractivity (Wildman–Crippen MR) is 148 cm³/mol. The fourth-order valence-electron chi connectivity index (χ4n) is 6.29. The molecule has 0 radical (unpaired) electrons. The molecule has 1 unspecified atom stereocenters. The van der Waals surface area contributed by atoms with Crippen molar-refractivity contribution in [2.75, 3.05) is 28.3 Å². The maximum atomic E-state index is 12.4. The molecule has 6 rings (SSSR count). The molecule has 39 heavy (non-hydrogen) atoms. The Bertz CT molecular complexity index is 1500. The van der Waals surface area contributed by atoms with Crippen LogP contribution in [0.25, 0.3) is 22.8 Å². The number of hydrogen-bond acceptors (Lipinski definition) is 10. The zero-order valence-electron chi connectivity index (χ0n) is 22.9. The van der Waals surface area contributed by atoms with E-state index in [2.05, 4.69) is 38.8 Å². The number of hydrogen-bond donors (Lipinski definition) is 2. The molecule has 0 aromatic carbocycles. The van der Waals surface area contributed by atoms with Crippen molar-refractivity contribution in [3.63, 3.8) is 0 Å². The van der Waals surface area contributed by atoms with Gasteiger partial charge in [-0.2, -0.15) is 4.98 Å². The summed E-state index contributed by atoms with van der Waals surface area (Å²) in [7, 11) is -3.09. The highest BCUT2D eigenvalue weighted by Crippen LogP contribution is 2.37. The van der Waals surface area contributed by atoms with Crippen molar-refractivity contribution in [1.29, 1.82) is 0 Å². The summed E-state index contributed by atoms with van der Waals surface area (Å²) >= 11 is 0. The van der Waals surface area contributed by atoms with Gasteiger partial charge in [0.05, 0.1) is 11.5 Å². The van der Waals surface area contributed by atoms with Crippen LogP contribution in [0.5, 0.6) is 0 Å². The van der Waals surface area contributed by atoms with Crippen molar-refractivity contribution in [3.05, 3.63) is 10.6 Å². The molecule has 3 aromatic heterocycles. The van der Waals surface area contributed by atoms with Gasteiger partial charge < -0.3 is 14.8 Å². The molecule has 212 valence electrons. The molecule has 2 N–H and O–H groups in total.